The van der Waals surface area contributed by atoms with Crippen LogP contribution in [-0.4, -0.2) is 54.8 Å². The largest absolute Gasteiger partial charge is 0.496 e. The Morgan fingerprint density at radius 3 is 2.61 bits per heavy atom. The van der Waals surface area contributed by atoms with E-state index >= 15 is 0 Å². The number of carbonyl (C=O) groups excluding carboxylic acids is 1. The van der Waals surface area contributed by atoms with Crippen molar-refractivity contribution in [3.63, 3.8) is 0 Å². The molecule has 0 spiro atoms. The molecule has 1 saturated heterocycles. The molecule has 3 rings (SSSR count). The van der Waals surface area contributed by atoms with Gasteiger partial charge in [0.1, 0.15) is 5.75 Å². The van der Waals surface area contributed by atoms with Gasteiger partial charge >= 0.3 is 5.97 Å². The minimum absolute atomic E-state index is 0.124. The maximum atomic E-state index is 13.3. The van der Waals surface area contributed by atoms with E-state index in [1.54, 1.807) is 12.0 Å². The third-order valence-electron chi connectivity index (χ3n) is 4.58. The summed E-state index contributed by atoms with van der Waals surface area (Å²) in [5.74, 6) is -0.419. The maximum absolute atomic E-state index is 13.3. The van der Waals surface area contributed by atoms with Crippen LogP contribution >= 0.6 is 0 Å². The van der Waals surface area contributed by atoms with E-state index in [2.05, 4.69) is 0 Å². The zero-order valence-corrected chi connectivity index (χ0v) is 15.7. The average molecular weight is 381 g/mol. The number of carboxylic acid groups (broad SMARTS) is 1. The quantitative estimate of drug-likeness (QED) is 0.615. The smallest absolute Gasteiger partial charge is 0.306 e. The normalized spacial score (nSPS) is 17.2. The van der Waals surface area contributed by atoms with Crippen LogP contribution in [0.3, 0.4) is 0 Å². The third-order valence-corrected chi connectivity index (χ3v) is 4.58. The van der Waals surface area contributed by atoms with Gasteiger partial charge in [0.2, 0.25) is 0 Å². The van der Waals surface area contributed by atoms with Gasteiger partial charge in [-0.2, -0.15) is 0 Å². The third kappa shape index (κ3) is 4.78. The van der Waals surface area contributed by atoms with Crippen LogP contribution in [0.1, 0.15) is 17.5 Å². The Morgan fingerprint density at radius 1 is 1.18 bits per heavy atom. The maximum Gasteiger partial charge on any atom is 0.306 e. The lowest BCUT2D eigenvalue weighted by atomic mass is 10.0. The minimum atomic E-state index is -0.938. The molecule has 1 atom stereocenters. The fraction of sp³-hybridized carbons (Fsp3) is 0.273. The Hall–Kier alpha value is -3.12. The molecule has 0 aromatic heterocycles. The van der Waals surface area contributed by atoms with Crippen molar-refractivity contribution in [2.75, 3.05) is 26.8 Å². The van der Waals surface area contributed by atoms with E-state index in [-0.39, 0.29) is 18.9 Å². The Morgan fingerprint density at radius 2 is 1.89 bits per heavy atom. The average Bonchev–Trinajstić information content (AvgIpc) is 2.72. The highest BCUT2D eigenvalue weighted by Gasteiger charge is 2.28. The van der Waals surface area contributed by atoms with Crippen LogP contribution in [-0.2, 0) is 14.3 Å². The molecule has 0 saturated carbocycles. The Balaban J connectivity index is 1.94. The summed E-state index contributed by atoms with van der Waals surface area (Å²) in [6.45, 7) is 0.993. The van der Waals surface area contributed by atoms with Crippen molar-refractivity contribution in [1.29, 1.82) is 0 Å². The van der Waals surface area contributed by atoms with Gasteiger partial charge in [-0.1, -0.05) is 48.5 Å². The van der Waals surface area contributed by atoms with Gasteiger partial charge in [-0.3, -0.25) is 9.59 Å². The highest BCUT2D eigenvalue weighted by Crippen LogP contribution is 2.26. The second-order valence-corrected chi connectivity index (χ2v) is 6.51. The molecule has 1 fully saturated rings. The summed E-state index contributed by atoms with van der Waals surface area (Å²) in [5, 5.41) is 9.02. The molecule has 146 valence electrons. The van der Waals surface area contributed by atoms with E-state index in [4.69, 9.17) is 14.6 Å². The van der Waals surface area contributed by atoms with Crippen LogP contribution in [0.2, 0.25) is 0 Å². The molecule has 6 nitrogen and oxygen atoms in total. The zero-order valence-electron chi connectivity index (χ0n) is 15.7. The first-order chi connectivity index (χ1) is 13.6. The number of ether oxygens (including phenoxy) is 2. The fourth-order valence-electron chi connectivity index (χ4n) is 3.22. The molecule has 2 aromatic carbocycles. The molecule has 0 radical (unpaired) electrons. The van der Waals surface area contributed by atoms with Crippen molar-refractivity contribution in [3.8, 4) is 5.75 Å². The van der Waals surface area contributed by atoms with Gasteiger partial charge in [-0.25, -0.2) is 0 Å². The lowest BCUT2D eigenvalue weighted by Gasteiger charge is -2.33. The summed E-state index contributed by atoms with van der Waals surface area (Å²) in [4.78, 5) is 26.0. The topological polar surface area (TPSA) is 76.1 Å². The van der Waals surface area contributed by atoms with E-state index in [0.717, 1.165) is 11.1 Å². The first-order valence-electron chi connectivity index (χ1n) is 9.11. The van der Waals surface area contributed by atoms with Crippen LogP contribution < -0.4 is 4.74 Å². The molecule has 2 aromatic rings. The van der Waals surface area contributed by atoms with Gasteiger partial charge in [0.15, 0.2) is 0 Å². The summed E-state index contributed by atoms with van der Waals surface area (Å²) in [5.41, 5.74) is 2.12. The highest BCUT2D eigenvalue weighted by atomic mass is 16.5. The molecule has 0 bridgehead atoms. The Kier molecular flexibility index (Phi) is 6.45. The van der Waals surface area contributed by atoms with Crippen LogP contribution in [0.15, 0.2) is 54.6 Å². The SMILES string of the molecule is COc1ccccc1/C=C(/C(=O)N1CCOC(CC(=O)O)C1)c1ccccc1. The first-order valence-corrected chi connectivity index (χ1v) is 9.11. The molecule has 1 heterocycles. The number of carbonyl (C=O) groups is 2. The van der Waals surface area contributed by atoms with Crippen LogP contribution in [0.5, 0.6) is 5.75 Å². The number of aliphatic carboxylic acids is 1. The number of rotatable bonds is 6. The van der Waals surface area contributed by atoms with E-state index in [9.17, 15) is 9.59 Å². The van der Waals surface area contributed by atoms with E-state index in [0.29, 0.717) is 24.5 Å². The summed E-state index contributed by atoms with van der Waals surface area (Å²) in [7, 11) is 1.59. The number of amides is 1. The van der Waals surface area contributed by atoms with Gasteiger partial charge in [-0.05, 0) is 17.7 Å². The molecule has 1 amide bonds. The van der Waals surface area contributed by atoms with Crippen molar-refractivity contribution in [2.24, 2.45) is 0 Å². The molecular weight excluding hydrogens is 358 g/mol. The lowest BCUT2D eigenvalue weighted by Crippen LogP contribution is -2.46. The minimum Gasteiger partial charge on any atom is -0.496 e. The van der Waals surface area contributed by atoms with Gasteiger partial charge in [0, 0.05) is 24.2 Å². The van der Waals surface area contributed by atoms with Crippen molar-refractivity contribution in [3.05, 3.63) is 65.7 Å². The second-order valence-electron chi connectivity index (χ2n) is 6.51. The lowest BCUT2D eigenvalue weighted by molar-refractivity contribution is -0.145. The summed E-state index contributed by atoms with van der Waals surface area (Å²) in [6.07, 6.45) is 1.19. The van der Waals surface area contributed by atoms with Gasteiger partial charge in [0.05, 0.1) is 26.2 Å². The van der Waals surface area contributed by atoms with Crippen LogP contribution in [0, 0.1) is 0 Å². The molecule has 1 aliphatic heterocycles. The number of carboxylic acids is 1. The number of morpholine rings is 1. The molecule has 28 heavy (non-hydrogen) atoms. The Bertz CT molecular complexity index is 862. The molecule has 0 aliphatic carbocycles. The number of methoxy groups -OCH3 is 1. The number of hydrogen-bond acceptors (Lipinski definition) is 4. The summed E-state index contributed by atoms with van der Waals surface area (Å²) >= 11 is 0. The molecular formula is C22H23NO5. The number of hydrogen-bond donors (Lipinski definition) is 1. The van der Waals surface area contributed by atoms with Gasteiger partial charge < -0.3 is 19.5 Å². The van der Waals surface area contributed by atoms with Crippen LogP contribution in [0.25, 0.3) is 11.6 Å². The summed E-state index contributed by atoms with van der Waals surface area (Å²) < 4.78 is 10.9. The molecule has 1 N–H and O–H groups in total. The standard InChI is InChI=1S/C22H23NO5/c1-27-20-10-6-5-9-17(20)13-19(16-7-3-2-4-8-16)22(26)23-11-12-28-18(15-23)14-21(24)25/h2-10,13,18H,11-12,14-15H2,1H3,(H,24,25)/b19-13+. The monoisotopic (exact) mass is 381 g/mol. The van der Waals surface area contributed by atoms with Crippen LogP contribution in [0.4, 0.5) is 0 Å². The van der Waals surface area contributed by atoms with E-state index < -0.39 is 12.1 Å². The zero-order chi connectivity index (χ0) is 19.9. The Labute approximate surface area is 164 Å². The number of para-hydroxylation sites is 1. The predicted molar refractivity (Wildman–Crippen MR) is 106 cm³/mol. The number of benzene rings is 2. The highest BCUT2D eigenvalue weighted by molar-refractivity contribution is 6.24. The number of nitrogens with zero attached hydrogens (tertiary/aromatic N) is 1. The van der Waals surface area contributed by atoms with Crippen molar-refractivity contribution < 1.29 is 24.2 Å². The van der Waals surface area contributed by atoms with Gasteiger partial charge in [-0.15, -0.1) is 0 Å². The van der Waals surface area contributed by atoms with Crippen molar-refractivity contribution in [1.82, 2.24) is 4.90 Å². The summed E-state index contributed by atoms with van der Waals surface area (Å²) in [6, 6.07) is 16.9. The fourth-order valence-corrected chi connectivity index (χ4v) is 3.22. The predicted octanol–water partition coefficient (Wildman–Crippen LogP) is 2.94. The van der Waals surface area contributed by atoms with Crippen molar-refractivity contribution >= 4 is 23.5 Å². The van der Waals surface area contributed by atoms with E-state index in [1.165, 1.54) is 0 Å². The van der Waals surface area contributed by atoms with Crippen molar-refractivity contribution in [2.45, 2.75) is 12.5 Å². The molecule has 6 heteroatoms. The van der Waals surface area contributed by atoms with Gasteiger partial charge in [0.25, 0.3) is 5.91 Å². The first kappa shape index (κ1) is 19.6. The molecule has 1 aliphatic rings. The van der Waals surface area contributed by atoms with E-state index in [1.807, 2.05) is 60.7 Å². The molecule has 1 unspecified atom stereocenters. The second kappa shape index (κ2) is 9.19.